The van der Waals surface area contributed by atoms with Crippen LogP contribution in [0.3, 0.4) is 0 Å². The van der Waals surface area contributed by atoms with E-state index in [-0.39, 0.29) is 0 Å². The number of hydrazone groups is 1. The van der Waals surface area contributed by atoms with Crippen LogP contribution in [0.2, 0.25) is 5.02 Å². The Balaban J connectivity index is 1.23. The first-order valence-electron chi connectivity index (χ1n) is 14.4. The zero-order valence-electron chi connectivity index (χ0n) is 24.2. The monoisotopic (exact) mass is 578 g/mol. The van der Waals surface area contributed by atoms with Gasteiger partial charge in [-0.05, 0) is 80.0 Å². The van der Waals surface area contributed by atoms with Crippen LogP contribution in [-0.4, -0.2) is 62.7 Å². The van der Waals surface area contributed by atoms with Gasteiger partial charge in [-0.15, -0.1) is 0 Å². The summed E-state index contributed by atoms with van der Waals surface area (Å²) in [6, 6.07) is 11.9. The van der Waals surface area contributed by atoms with Gasteiger partial charge in [0.2, 0.25) is 5.95 Å². The molecule has 5 rings (SSSR count). The van der Waals surface area contributed by atoms with E-state index in [4.69, 9.17) is 35.8 Å². The topological polar surface area (TPSA) is 84.3 Å². The van der Waals surface area contributed by atoms with E-state index in [1.807, 2.05) is 18.2 Å². The van der Waals surface area contributed by atoms with Gasteiger partial charge in [0.25, 0.3) is 0 Å². The number of nitrogens with zero attached hydrogens (tertiary/aromatic N) is 5. The fourth-order valence-corrected chi connectivity index (χ4v) is 5.46. The molecule has 2 saturated heterocycles. The number of rotatable bonds is 12. The van der Waals surface area contributed by atoms with E-state index in [1.54, 1.807) is 19.4 Å². The van der Waals surface area contributed by atoms with E-state index >= 15 is 0 Å². The van der Waals surface area contributed by atoms with E-state index < -0.39 is 0 Å². The second-order valence-corrected chi connectivity index (χ2v) is 10.8. The quantitative estimate of drug-likeness (QED) is 0.156. The number of hydrogen-bond acceptors (Lipinski definition) is 9. The molecule has 2 aliphatic rings. The number of ether oxygens (including phenoxy) is 3. The molecule has 1 N–H and O–H groups in total. The van der Waals surface area contributed by atoms with Gasteiger partial charge in [0.1, 0.15) is 24.8 Å². The number of aryl methyl sites for hydroxylation is 2. The van der Waals surface area contributed by atoms with Crippen molar-refractivity contribution in [3.05, 3.63) is 58.1 Å². The molecule has 0 bridgehead atoms. The predicted molar refractivity (Wildman–Crippen MR) is 166 cm³/mol. The first kappa shape index (κ1) is 28.8. The Hall–Kier alpha value is -3.72. The van der Waals surface area contributed by atoms with Gasteiger partial charge in [0.05, 0.1) is 18.3 Å². The highest BCUT2D eigenvalue weighted by molar-refractivity contribution is 6.32. The predicted octanol–water partition coefficient (Wildman–Crippen LogP) is 6.11. The minimum absolute atomic E-state index is 0.326. The summed E-state index contributed by atoms with van der Waals surface area (Å²) in [5, 5.41) is 4.88. The van der Waals surface area contributed by atoms with E-state index in [9.17, 15) is 0 Å². The van der Waals surface area contributed by atoms with Crippen molar-refractivity contribution < 1.29 is 14.2 Å². The van der Waals surface area contributed by atoms with Crippen LogP contribution in [0.1, 0.15) is 49.3 Å². The molecule has 0 saturated carbocycles. The minimum atomic E-state index is 0.326. The first-order chi connectivity index (χ1) is 20.0. The smallest absolute Gasteiger partial charge is 0.229 e. The molecule has 10 heteroatoms. The molecule has 41 heavy (non-hydrogen) atoms. The van der Waals surface area contributed by atoms with Gasteiger partial charge in [0, 0.05) is 32.2 Å². The first-order valence-corrected chi connectivity index (χ1v) is 14.8. The summed E-state index contributed by atoms with van der Waals surface area (Å²) in [7, 11) is 1.59. The van der Waals surface area contributed by atoms with Crippen molar-refractivity contribution in [2.75, 3.05) is 61.7 Å². The van der Waals surface area contributed by atoms with Gasteiger partial charge < -0.3 is 24.0 Å². The number of halogens is 1. The summed E-state index contributed by atoms with van der Waals surface area (Å²) in [5.41, 5.74) is 6.29. The third-order valence-corrected chi connectivity index (χ3v) is 7.56. The zero-order chi connectivity index (χ0) is 28.6. The lowest BCUT2D eigenvalue weighted by atomic mass is 10.1. The van der Waals surface area contributed by atoms with Gasteiger partial charge >= 0.3 is 0 Å². The average molecular weight is 579 g/mol. The molecule has 0 atom stereocenters. The Labute approximate surface area is 247 Å². The van der Waals surface area contributed by atoms with E-state index in [1.165, 1.54) is 36.8 Å². The maximum Gasteiger partial charge on any atom is 0.229 e. The molecule has 0 aliphatic carbocycles. The van der Waals surface area contributed by atoms with Crippen LogP contribution >= 0.6 is 11.6 Å². The highest BCUT2D eigenvalue weighted by Crippen LogP contribution is 2.36. The van der Waals surface area contributed by atoms with Crippen LogP contribution in [0.4, 0.5) is 17.6 Å². The molecule has 2 aromatic carbocycles. The normalized spacial score (nSPS) is 15.1. The van der Waals surface area contributed by atoms with Crippen molar-refractivity contribution in [2.45, 2.75) is 46.0 Å². The highest BCUT2D eigenvalue weighted by Gasteiger charge is 2.20. The third-order valence-electron chi connectivity index (χ3n) is 7.28. The summed E-state index contributed by atoms with van der Waals surface area (Å²) in [4.78, 5) is 14.2. The molecule has 218 valence electrons. The molecule has 0 spiro atoms. The van der Waals surface area contributed by atoms with Gasteiger partial charge in [-0.1, -0.05) is 24.6 Å². The van der Waals surface area contributed by atoms with Crippen LogP contribution in [0, 0.1) is 6.92 Å². The maximum absolute atomic E-state index is 6.59. The number of anilines is 3. The Morgan fingerprint density at radius 2 is 1.66 bits per heavy atom. The van der Waals surface area contributed by atoms with Gasteiger partial charge in [-0.3, -0.25) is 5.43 Å². The summed E-state index contributed by atoms with van der Waals surface area (Å²) in [6.07, 6.45) is 7.36. The molecule has 2 fully saturated rings. The average Bonchev–Trinajstić information content (AvgIpc) is 3.71. The molecular weight excluding hydrogens is 540 g/mol. The lowest BCUT2D eigenvalue weighted by molar-refractivity contribution is 0.211. The highest BCUT2D eigenvalue weighted by atomic mass is 35.5. The van der Waals surface area contributed by atoms with Crippen molar-refractivity contribution in [1.29, 1.82) is 0 Å². The van der Waals surface area contributed by atoms with Crippen LogP contribution in [0.5, 0.6) is 17.2 Å². The summed E-state index contributed by atoms with van der Waals surface area (Å²) >= 11 is 6.59. The Morgan fingerprint density at radius 3 is 2.39 bits per heavy atom. The van der Waals surface area contributed by atoms with Gasteiger partial charge in [-0.2, -0.15) is 15.1 Å². The zero-order valence-corrected chi connectivity index (χ0v) is 24.9. The van der Waals surface area contributed by atoms with Crippen LogP contribution in [0.15, 0.2) is 41.5 Å². The SMILES string of the molecule is CCc1cc(C)cc(OCCOc2c(Cl)cc(C=NNc3cc(N4CCCC4)nc(N4CCCC4)n3)cc2OC)c1. The Bertz CT molecular complexity index is 1320. The molecule has 3 heterocycles. The molecule has 0 amide bonds. The summed E-state index contributed by atoms with van der Waals surface area (Å²) in [6.45, 7) is 8.91. The third kappa shape index (κ3) is 7.52. The van der Waals surface area contributed by atoms with Gasteiger partial charge in [-0.25, -0.2) is 0 Å². The second kappa shape index (κ2) is 13.8. The van der Waals surface area contributed by atoms with Crippen molar-refractivity contribution in [3.8, 4) is 17.2 Å². The van der Waals surface area contributed by atoms with E-state index in [2.05, 4.69) is 46.3 Å². The van der Waals surface area contributed by atoms with Crippen molar-refractivity contribution >= 4 is 35.4 Å². The Kier molecular flexibility index (Phi) is 9.67. The van der Waals surface area contributed by atoms with Crippen molar-refractivity contribution in [3.63, 3.8) is 0 Å². The second-order valence-electron chi connectivity index (χ2n) is 10.4. The fraction of sp³-hybridized carbons (Fsp3) is 0.452. The number of methoxy groups -OCH3 is 1. The van der Waals surface area contributed by atoms with Crippen molar-refractivity contribution in [1.82, 2.24) is 9.97 Å². The molecule has 0 radical (unpaired) electrons. The van der Waals surface area contributed by atoms with E-state index in [0.717, 1.165) is 55.7 Å². The van der Waals surface area contributed by atoms with Crippen LogP contribution in [0.25, 0.3) is 0 Å². The van der Waals surface area contributed by atoms with Crippen LogP contribution in [-0.2, 0) is 6.42 Å². The Morgan fingerprint density at radius 1 is 0.927 bits per heavy atom. The number of nitrogens with one attached hydrogen (secondary N) is 1. The molecule has 2 aliphatic heterocycles. The summed E-state index contributed by atoms with van der Waals surface area (Å²) < 4.78 is 17.4. The molecule has 1 aromatic heterocycles. The van der Waals surface area contributed by atoms with Crippen LogP contribution < -0.4 is 29.4 Å². The molecule has 3 aromatic rings. The molecule has 0 unspecified atom stereocenters. The van der Waals surface area contributed by atoms with E-state index in [0.29, 0.717) is 35.6 Å². The molecule has 9 nitrogen and oxygen atoms in total. The van der Waals surface area contributed by atoms with Crippen molar-refractivity contribution in [2.24, 2.45) is 5.10 Å². The lowest BCUT2D eigenvalue weighted by Gasteiger charge is -2.21. The van der Waals surface area contributed by atoms with Gasteiger partial charge in [0.15, 0.2) is 17.3 Å². The minimum Gasteiger partial charge on any atom is -0.493 e. The largest absolute Gasteiger partial charge is 0.493 e. The lowest BCUT2D eigenvalue weighted by Crippen LogP contribution is -2.24. The maximum atomic E-state index is 6.59. The number of hydrogen-bond donors (Lipinski definition) is 1. The fourth-order valence-electron chi connectivity index (χ4n) is 5.19. The summed E-state index contributed by atoms with van der Waals surface area (Å²) in [5.74, 6) is 4.21. The molecular formula is C31H39ClN6O3. The number of aromatic nitrogens is 2. The standard InChI is InChI=1S/C31H39ClN6O3/c1-4-23-15-22(2)16-25(17-23)40-13-14-41-30-26(32)18-24(19-27(30)39-3)21-33-36-28-20-29(37-9-5-6-10-37)35-31(34-28)38-11-7-8-12-38/h15-21H,4-14H2,1-3H3,(H,34,35,36). The number of benzene rings is 2.